The maximum Gasteiger partial charge on any atom is 0.319 e. The van der Waals surface area contributed by atoms with Gasteiger partial charge in [-0.1, -0.05) is 43.6 Å². The lowest BCUT2D eigenvalue weighted by molar-refractivity contribution is 0.247. The minimum absolute atomic E-state index is 0.279. The van der Waals surface area contributed by atoms with Gasteiger partial charge < -0.3 is 15.4 Å². The maximum absolute atomic E-state index is 11.9. The summed E-state index contributed by atoms with van der Waals surface area (Å²) >= 11 is 5.93. The summed E-state index contributed by atoms with van der Waals surface area (Å²) < 4.78 is 5.62. The molecule has 0 aliphatic carbocycles. The Hall–Kier alpha value is -2.20. The second kappa shape index (κ2) is 8.60. The number of carbonyl (C=O) groups is 1. The highest BCUT2D eigenvalue weighted by Gasteiger charge is 2.05. The number of urea groups is 1. The molecule has 2 N–H and O–H groups in total. The molecule has 0 saturated carbocycles. The monoisotopic (exact) mass is 346 g/mol. The lowest BCUT2D eigenvalue weighted by Gasteiger charge is -2.11. The number of nitrogens with one attached hydrogen (secondary N) is 2. The van der Waals surface area contributed by atoms with Crippen molar-refractivity contribution < 1.29 is 9.53 Å². The highest BCUT2D eigenvalue weighted by Crippen LogP contribution is 2.20. The molecule has 0 fully saturated rings. The van der Waals surface area contributed by atoms with Crippen LogP contribution in [0.2, 0.25) is 5.02 Å². The fraction of sp³-hybridized carbons (Fsp3) is 0.316. The number of benzene rings is 2. The molecule has 0 heterocycles. The molecule has 0 atom stereocenters. The molecule has 0 saturated heterocycles. The number of halogens is 1. The molecule has 2 aromatic rings. The summed E-state index contributed by atoms with van der Waals surface area (Å²) in [6, 6.07) is 13.1. The van der Waals surface area contributed by atoms with Crippen molar-refractivity contribution in [1.82, 2.24) is 5.32 Å². The minimum atomic E-state index is -0.279. The van der Waals surface area contributed by atoms with Crippen LogP contribution < -0.4 is 15.4 Å². The van der Waals surface area contributed by atoms with Crippen molar-refractivity contribution in [3.63, 3.8) is 0 Å². The van der Waals surface area contributed by atoms with Crippen molar-refractivity contribution >= 4 is 23.3 Å². The molecule has 5 heteroatoms. The molecular weight excluding hydrogens is 324 g/mol. The van der Waals surface area contributed by atoms with Gasteiger partial charge in [-0.15, -0.1) is 0 Å². The zero-order chi connectivity index (χ0) is 17.5. The van der Waals surface area contributed by atoms with Gasteiger partial charge in [-0.3, -0.25) is 0 Å². The lowest BCUT2D eigenvalue weighted by Crippen LogP contribution is -2.32. The van der Waals surface area contributed by atoms with Crippen LogP contribution in [0.25, 0.3) is 0 Å². The molecule has 2 aromatic carbocycles. The third-order valence-electron chi connectivity index (χ3n) is 3.65. The molecule has 0 unspecified atom stereocenters. The Balaban J connectivity index is 1.73. The summed E-state index contributed by atoms with van der Waals surface area (Å²) in [5, 5.41) is 6.13. The topological polar surface area (TPSA) is 50.4 Å². The van der Waals surface area contributed by atoms with Crippen LogP contribution in [-0.4, -0.2) is 19.2 Å². The highest BCUT2D eigenvalue weighted by atomic mass is 35.5. The number of anilines is 1. The Bertz CT molecular complexity index is 684. The normalized spacial score (nSPS) is 10.5. The summed E-state index contributed by atoms with van der Waals surface area (Å²) in [6.45, 7) is 7.04. The van der Waals surface area contributed by atoms with Crippen LogP contribution in [0, 0.1) is 6.92 Å². The van der Waals surface area contributed by atoms with Crippen LogP contribution in [0.15, 0.2) is 42.5 Å². The molecule has 128 valence electrons. The Morgan fingerprint density at radius 2 is 1.88 bits per heavy atom. The van der Waals surface area contributed by atoms with Gasteiger partial charge in [0.2, 0.25) is 0 Å². The smallest absolute Gasteiger partial charge is 0.319 e. The first kappa shape index (κ1) is 18.1. The molecule has 2 rings (SSSR count). The number of hydrogen-bond acceptors (Lipinski definition) is 2. The highest BCUT2D eigenvalue weighted by molar-refractivity contribution is 6.31. The number of hydrogen-bond donors (Lipinski definition) is 2. The Morgan fingerprint density at radius 1 is 1.17 bits per heavy atom. The Kier molecular flexibility index (Phi) is 6.50. The van der Waals surface area contributed by atoms with Gasteiger partial charge in [0.05, 0.1) is 6.54 Å². The van der Waals surface area contributed by atoms with Gasteiger partial charge in [0.15, 0.2) is 0 Å². The summed E-state index contributed by atoms with van der Waals surface area (Å²) in [6.07, 6.45) is 0. The molecule has 4 nitrogen and oxygen atoms in total. The van der Waals surface area contributed by atoms with E-state index in [0.717, 1.165) is 11.3 Å². The van der Waals surface area contributed by atoms with Crippen LogP contribution in [0.4, 0.5) is 10.5 Å². The van der Waals surface area contributed by atoms with E-state index in [4.69, 9.17) is 16.3 Å². The van der Waals surface area contributed by atoms with E-state index in [1.165, 1.54) is 5.56 Å². The second-order valence-electron chi connectivity index (χ2n) is 5.91. The van der Waals surface area contributed by atoms with Gasteiger partial charge in [-0.2, -0.15) is 0 Å². The standard InChI is InChI=1S/C19H23ClN2O2/c1-13(2)15-5-8-17(9-6-15)24-11-10-21-19(23)22-18-12-16(20)7-4-14(18)3/h4-9,12-13H,10-11H2,1-3H3,(H2,21,22,23). The van der Waals surface area contributed by atoms with Gasteiger partial charge in [0.25, 0.3) is 0 Å². The zero-order valence-corrected chi connectivity index (χ0v) is 15.0. The minimum Gasteiger partial charge on any atom is -0.492 e. The van der Waals surface area contributed by atoms with E-state index in [1.807, 2.05) is 25.1 Å². The second-order valence-corrected chi connectivity index (χ2v) is 6.35. The van der Waals surface area contributed by atoms with Gasteiger partial charge in [-0.05, 0) is 48.2 Å². The zero-order valence-electron chi connectivity index (χ0n) is 14.2. The van der Waals surface area contributed by atoms with Crippen molar-refractivity contribution in [1.29, 1.82) is 0 Å². The van der Waals surface area contributed by atoms with Gasteiger partial charge in [0.1, 0.15) is 12.4 Å². The van der Waals surface area contributed by atoms with E-state index in [0.29, 0.717) is 29.8 Å². The number of carbonyl (C=O) groups excluding carboxylic acids is 1. The SMILES string of the molecule is Cc1ccc(Cl)cc1NC(=O)NCCOc1ccc(C(C)C)cc1. The van der Waals surface area contributed by atoms with Gasteiger partial charge in [0, 0.05) is 10.7 Å². The van der Waals surface area contributed by atoms with E-state index < -0.39 is 0 Å². The lowest BCUT2D eigenvalue weighted by atomic mass is 10.0. The van der Waals surface area contributed by atoms with Crippen molar-refractivity contribution in [3.05, 3.63) is 58.6 Å². The fourth-order valence-electron chi connectivity index (χ4n) is 2.18. The van der Waals surface area contributed by atoms with E-state index in [2.05, 4.69) is 36.6 Å². The fourth-order valence-corrected chi connectivity index (χ4v) is 2.35. The largest absolute Gasteiger partial charge is 0.492 e. The van der Waals surface area contributed by atoms with Crippen LogP contribution in [0.1, 0.15) is 30.9 Å². The summed E-state index contributed by atoms with van der Waals surface area (Å²) in [4.78, 5) is 11.9. The molecule has 0 bridgehead atoms. The average Bonchev–Trinajstić information content (AvgIpc) is 2.55. The van der Waals surface area contributed by atoms with Crippen LogP contribution in [-0.2, 0) is 0 Å². The Morgan fingerprint density at radius 3 is 2.54 bits per heavy atom. The first-order chi connectivity index (χ1) is 11.5. The van der Waals surface area contributed by atoms with Gasteiger partial charge >= 0.3 is 6.03 Å². The molecule has 0 aliphatic rings. The maximum atomic E-state index is 11.9. The first-order valence-corrected chi connectivity index (χ1v) is 8.37. The van der Waals surface area contributed by atoms with Gasteiger partial charge in [-0.25, -0.2) is 4.79 Å². The third kappa shape index (κ3) is 5.46. The molecular formula is C19H23ClN2O2. The van der Waals surface area contributed by atoms with E-state index in [9.17, 15) is 4.79 Å². The molecule has 24 heavy (non-hydrogen) atoms. The molecule has 0 aliphatic heterocycles. The quantitative estimate of drug-likeness (QED) is 0.725. The molecule has 2 amide bonds. The third-order valence-corrected chi connectivity index (χ3v) is 3.89. The summed E-state index contributed by atoms with van der Waals surface area (Å²) in [5.74, 6) is 1.30. The predicted octanol–water partition coefficient (Wildman–Crippen LogP) is 4.97. The van der Waals surface area contributed by atoms with Crippen molar-refractivity contribution in [2.45, 2.75) is 26.7 Å². The van der Waals surface area contributed by atoms with E-state index >= 15 is 0 Å². The number of amides is 2. The van der Waals surface area contributed by atoms with E-state index in [-0.39, 0.29) is 6.03 Å². The molecule has 0 aromatic heterocycles. The predicted molar refractivity (Wildman–Crippen MR) is 99.2 cm³/mol. The van der Waals surface area contributed by atoms with Crippen molar-refractivity contribution in [2.75, 3.05) is 18.5 Å². The van der Waals surface area contributed by atoms with Crippen molar-refractivity contribution in [3.8, 4) is 5.75 Å². The Labute approximate surface area is 148 Å². The summed E-state index contributed by atoms with van der Waals surface area (Å²) in [5.41, 5.74) is 2.93. The van der Waals surface area contributed by atoms with Crippen LogP contribution >= 0.6 is 11.6 Å². The van der Waals surface area contributed by atoms with Crippen LogP contribution in [0.5, 0.6) is 5.75 Å². The van der Waals surface area contributed by atoms with Crippen molar-refractivity contribution in [2.24, 2.45) is 0 Å². The first-order valence-electron chi connectivity index (χ1n) is 7.99. The molecule has 0 spiro atoms. The summed E-state index contributed by atoms with van der Waals surface area (Å²) in [7, 11) is 0. The molecule has 0 radical (unpaired) electrons. The van der Waals surface area contributed by atoms with Crippen LogP contribution in [0.3, 0.4) is 0 Å². The number of aryl methyl sites for hydroxylation is 1. The number of ether oxygens (including phenoxy) is 1. The number of rotatable bonds is 6. The average molecular weight is 347 g/mol. The van der Waals surface area contributed by atoms with E-state index in [1.54, 1.807) is 12.1 Å².